The van der Waals surface area contributed by atoms with Gasteiger partial charge in [-0.15, -0.1) is 0 Å². The van der Waals surface area contributed by atoms with Gasteiger partial charge in [0.1, 0.15) is 5.54 Å². The Bertz CT molecular complexity index is 631. The zero-order valence-electron chi connectivity index (χ0n) is 9.20. The number of rotatable bonds is 1. The Morgan fingerprint density at radius 1 is 1.18 bits per heavy atom. The highest BCUT2D eigenvalue weighted by atomic mass is 16.2. The van der Waals surface area contributed by atoms with Crippen LogP contribution in [0.1, 0.15) is 12.5 Å². The van der Waals surface area contributed by atoms with Gasteiger partial charge in [0.05, 0.1) is 0 Å². The van der Waals surface area contributed by atoms with E-state index in [-0.39, 0.29) is 5.91 Å². The van der Waals surface area contributed by atoms with E-state index in [0.717, 1.165) is 16.5 Å². The first-order chi connectivity index (χ1) is 8.09. The van der Waals surface area contributed by atoms with Gasteiger partial charge in [0.15, 0.2) is 0 Å². The molecule has 1 saturated heterocycles. The molecule has 1 atom stereocenters. The Balaban J connectivity index is 2.14. The minimum absolute atomic E-state index is 0.322. The van der Waals surface area contributed by atoms with Crippen molar-refractivity contribution in [3.63, 3.8) is 0 Å². The minimum Gasteiger partial charge on any atom is -0.361 e. The molecule has 5 nitrogen and oxygen atoms in total. The van der Waals surface area contributed by atoms with Crippen molar-refractivity contribution in [1.82, 2.24) is 15.6 Å². The number of imide groups is 1. The molecule has 2 heterocycles. The number of nitrogens with one attached hydrogen (secondary N) is 3. The van der Waals surface area contributed by atoms with E-state index in [1.165, 1.54) is 0 Å². The summed E-state index contributed by atoms with van der Waals surface area (Å²) in [5.41, 5.74) is 0.790. The quantitative estimate of drug-likeness (QED) is 0.643. The third-order valence-corrected chi connectivity index (χ3v) is 3.18. The predicted molar refractivity (Wildman–Crippen MR) is 62.3 cm³/mol. The van der Waals surface area contributed by atoms with Crippen LogP contribution in [0.5, 0.6) is 0 Å². The van der Waals surface area contributed by atoms with Gasteiger partial charge in [0.25, 0.3) is 5.91 Å². The highest BCUT2D eigenvalue weighted by molar-refractivity contribution is 6.07. The van der Waals surface area contributed by atoms with Gasteiger partial charge in [-0.1, -0.05) is 6.07 Å². The van der Waals surface area contributed by atoms with Crippen LogP contribution in [0.25, 0.3) is 10.9 Å². The van der Waals surface area contributed by atoms with Gasteiger partial charge in [0.2, 0.25) is 0 Å². The van der Waals surface area contributed by atoms with Crippen molar-refractivity contribution < 1.29 is 9.59 Å². The minimum atomic E-state index is -0.984. The highest BCUT2D eigenvalue weighted by Gasteiger charge is 2.43. The van der Waals surface area contributed by atoms with Gasteiger partial charge in [-0.05, 0) is 36.1 Å². The summed E-state index contributed by atoms with van der Waals surface area (Å²) in [5.74, 6) is -0.322. The fraction of sp³-hybridized carbons (Fsp3) is 0.167. The zero-order valence-corrected chi connectivity index (χ0v) is 9.20. The third-order valence-electron chi connectivity index (χ3n) is 3.18. The van der Waals surface area contributed by atoms with Crippen molar-refractivity contribution in [2.75, 3.05) is 0 Å². The number of benzene rings is 1. The molecular weight excluding hydrogens is 218 g/mol. The molecular formula is C12H11N3O2. The van der Waals surface area contributed by atoms with E-state index in [1.54, 1.807) is 6.92 Å². The van der Waals surface area contributed by atoms with Crippen molar-refractivity contribution in [3.8, 4) is 0 Å². The van der Waals surface area contributed by atoms with E-state index in [0.29, 0.717) is 0 Å². The van der Waals surface area contributed by atoms with Crippen LogP contribution < -0.4 is 10.6 Å². The molecule has 1 aliphatic rings. The molecule has 3 N–H and O–H groups in total. The molecule has 1 aliphatic heterocycles. The predicted octanol–water partition coefficient (Wildman–Crippen LogP) is 1.22. The smallest absolute Gasteiger partial charge is 0.322 e. The van der Waals surface area contributed by atoms with Crippen LogP contribution in [0.3, 0.4) is 0 Å². The van der Waals surface area contributed by atoms with Crippen LogP contribution in [-0.2, 0) is 10.3 Å². The molecule has 0 radical (unpaired) electrons. The van der Waals surface area contributed by atoms with E-state index in [1.807, 2.05) is 30.5 Å². The van der Waals surface area contributed by atoms with Crippen LogP contribution in [-0.4, -0.2) is 16.9 Å². The molecule has 3 amide bonds. The van der Waals surface area contributed by atoms with E-state index in [9.17, 15) is 9.59 Å². The van der Waals surface area contributed by atoms with Crippen LogP contribution >= 0.6 is 0 Å². The number of amides is 3. The molecule has 2 aromatic rings. The molecule has 5 heteroatoms. The number of urea groups is 1. The third kappa shape index (κ3) is 1.32. The number of carbonyl (C=O) groups is 2. The molecule has 3 rings (SSSR count). The van der Waals surface area contributed by atoms with E-state index >= 15 is 0 Å². The van der Waals surface area contributed by atoms with Crippen LogP contribution in [0.2, 0.25) is 0 Å². The van der Waals surface area contributed by atoms with Crippen molar-refractivity contribution >= 4 is 22.8 Å². The van der Waals surface area contributed by atoms with Crippen molar-refractivity contribution in [3.05, 3.63) is 36.0 Å². The second-order valence-electron chi connectivity index (χ2n) is 4.31. The maximum atomic E-state index is 11.8. The first-order valence-electron chi connectivity index (χ1n) is 5.31. The van der Waals surface area contributed by atoms with Crippen molar-refractivity contribution in [2.45, 2.75) is 12.5 Å². The van der Waals surface area contributed by atoms with Crippen LogP contribution in [0.4, 0.5) is 4.79 Å². The Morgan fingerprint density at radius 2 is 2.00 bits per heavy atom. The number of aromatic nitrogens is 1. The molecule has 0 bridgehead atoms. The fourth-order valence-corrected chi connectivity index (χ4v) is 2.11. The van der Waals surface area contributed by atoms with Crippen LogP contribution in [0, 0.1) is 0 Å². The largest absolute Gasteiger partial charge is 0.361 e. The van der Waals surface area contributed by atoms with Gasteiger partial charge >= 0.3 is 6.03 Å². The number of H-pyrrole nitrogens is 1. The second kappa shape index (κ2) is 3.10. The Labute approximate surface area is 97.2 Å². The SMILES string of the molecule is CC1(c2ccc3[nH]ccc3c2)NC(=O)NC1=O. The van der Waals surface area contributed by atoms with Crippen LogP contribution in [0.15, 0.2) is 30.5 Å². The molecule has 0 spiro atoms. The summed E-state index contributed by atoms with van der Waals surface area (Å²) in [7, 11) is 0. The molecule has 0 aliphatic carbocycles. The summed E-state index contributed by atoms with van der Waals surface area (Å²) in [4.78, 5) is 26.1. The van der Waals surface area contributed by atoms with Crippen molar-refractivity contribution in [1.29, 1.82) is 0 Å². The standard InChI is InChI=1S/C12H11N3O2/c1-12(10(16)14-11(17)15-12)8-2-3-9-7(6-8)4-5-13-9/h2-6,13H,1H3,(H2,14,15,16,17). The molecule has 1 fully saturated rings. The van der Waals surface area contributed by atoms with Gasteiger partial charge in [-0.25, -0.2) is 4.79 Å². The Kier molecular flexibility index (Phi) is 1.80. The monoisotopic (exact) mass is 229 g/mol. The Hall–Kier alpha value is -2.30. The second-order valence-corrected chi connectivity index (χ2v) is 4.31. The summed E-state index contributed by atoms with van der Waals surface area (Å²) in [6.07, 6.45) is 1.84. The molecule has 1 unspecified atom stereocenters. The number of carbonyl (C=O) groups excluding carboxylic acids is 2. The average Bonchev–Trinajstić information content (AvgIpc) is 2.83. The van der Waals surface area contributed by atoms with E-state index in [2.05, 4.69) is 15.6 Å². The van der Waals surface area contributed by atoms with Gasteiger partial charge in [-0.3, -0.25) is 10.1 Å². The lowest BCUT2D eigenvalue weighted by atomic mass is 9.91. The normalized spacial score (nSPS) is 23.8. The van der Waals surface area contributed by atoms with Crippen molar-refractivity contribution in [2.24, 2.45) is 0 Å². The number of aromatic amines is 1. The van der Waals surface area contributed by atoms with Gasteiger partial charge in [-0.2, -0.15) is 0 Å². The summed E-state index contributed by atoms with van der Waals surface area (Å²) < 4.78 is 0. The maximum absolute atomic E-state index is 11.8. The average molecular weight is 229 g/mol. The fourth-order valence-electron chi connectivity index (χ4n) is 2.11. The zero-order chi connectivity index (χ0) is 12.0. The first-order valence-corrected chi connectivity index (χ1v) is 5.31. The molecule has 1 aromatic heterocycles. The molecule has 17 heavy (non-hydrogen) atoms. The Morgan fingerprint density at radius 3 is 2.71 bits per heavy atom. The number of hydrogen-bond acceptors (Lipinski definition) is 2. The van der Waals surface area contributed by atoms with Gasteiger partial charge < -0.3 is 10.3 Å². The summed E-state index contributed by atoms with van der Waals surface area (Å²) in [5, 5.41) is 5.91. The van der Waals surface area contributed by atoms with E-state index in [4.69, 9.17) is 0 Å². The summed E-state index contributed by atoms with van der Waals surface area (Å²) >= 11 is 0. The lowest BCUT2D eigenvalue weighted by molar-refractivity contribution is -0.123. The molecule has 1 aromatic carbocycles. The maximum Gasteiger partial charge on any atom is 0.322 e. The first kappa shape index (κ1) is 9.89. The lowest BCUT2D eigenvalue weighted by Crippen LogP contribution is -2.40. The highest BCUT2D eigenvalue weighted by Crippen LogP contribution is 2.27. The summed E-state index contributed by atoms with van der Waals surface area (Å²) in [6, 6.07) is 7.11. The number of hydrogen-bond donors (Lipinski definition) is 3. The lowest BCUT2D eigenvalue weighted by Gasteiger charge is -2.21. The van der Waals surface area contributed by atoms with Gasteiger partial charge in [0, 0.05) is 11.7 Å². The topological polar surface area (TPSA) is 74.0 Å². The van der Waals surface area contributed by atoms with E-state index < -0.39 is 11.6 Å². The number of fused-ring (bicyclic) bond motifs is 1. The summed E-state index contributed by atoms with van der Waals surface area (Å²) in [6.45, 7) is 1.70. The molecule has 86 valence electrons. The molecule has 0 saturated carbocycles.